The molecule has 0 saturated carbocycles. The van der Waals surface area contributed by atoms with Crippen molar-refractivity contribution in [2.45, 2.75) is 19.3 Å². The molecular weight excluding hydrogens is 301 g/mol. The van der Waals surface area contributed by atoms with Crippen LogP contribution in [0.2, 0.25) is 0 Å². The average Bonchev–Trinajstić information content (AvgIpc) is 2.42. The number of carbonyl (C=O) groups is 1. The Morgan fingerprint density at radius 3 is 2.73 bits per heavy atom. The third kappa shape index (κ3) is 1.40. The van der Waals surface area contributed by atoms with Crippen molar-refractivity contribution in [3.8, 4) is 0 Å². The first kappa shape index (κ1) is 10.9. The number of carbonyl (C=O) groups excluding carboxylic acids is 1. The predicted octanol–water partition coefficient (Wildman–Crippen LogP) is 2.66. The minimum absolute atomic E-state index is 0.206. The summed E-state index contributed by atoms with van der Waals surface area (Å²) in [6.45, 7) is 4.10. The van der Waals surface area contributed by atoms with Gasteiger partial charge in [-0.15, -0.1) is 0 Å². The summed E-state index contributed by atoms with van der Waals surface area (Å²) in [5, 5.41) is 0. The molecule has 0 spiro atoms. The van der Waals surface area contributed by atoms with Crippen molar-refractivity contribution in [2.24, 2.45) is 0 Å². The largest absolute Gasteiger partial charge is 0.314 e. The highest BCUT2D eigenvalue weighted by Crippen LogP contribution is 2.42. The second-order valence-corrected chi connectivity index (χ2v) is 5.11. The SMILES string of the molecule is Cc1ccc2c(c1)C(C)(CI)C(=O)N2C. The summed E-state index contributed by atoms with van der Waals surface area (Å²) in [5.41, 5.74) is 3.11. The van der Waals surface area contributed by atoms with Crippen molar-refractivity contribution in [3.05, 3.63) is 29.3 Å². The Morgan fingerprint density at radius 1 is 1.47 bits per heavy atom. The molecular formula is C12H14INO. The third-order valence-electron chi connectivity index (χ3n) is 3.15. The first-order valence-electron chi connectivity index (χ1n) is 4.96. The van der Waals surface area contributed by atoms with Crippen LogP contribution in [0.4, 0.5) is 5.69 Å². The van der Waals surface area contributed by atoms with Gasteiger partial charge in [0.25, 0.3) is 0 Å². The van der Waals surface area contributed by atoms with Crippen LogP contribution in [0.3, 0.4) is 0 Å². The van der Waals surface area contributed by atoms with E-state index >= 15 is 0 Å². The van der Waals surface area contributed by atoms with Gasteiger partial charge in [-0.25, -0.2) is 0 Å². The molecule has 15 heavy (non-hydrogen) atoms. The van der Waals surface area contributed by atoms with Crippen LogP contribution in [-0.4, -0.2) is 17.4 Å². The molecule has 1 aromatic carbocycles. The van der Waals surface area contributed by atoms with Gasteiger partial charge in [-0.3, -0.25) is 4.79 Å². The van der Waals surface area contributed by atoms with E-state index in [4.69, 9.17) is 0 Å². The fourth-order valence-corrected chi connectivity index (χ4v) is 2.85. The molecule has 1 amide bonds. The lowest BCUT2D eigenvalue weighted by Crippen LogP contribution is -2.37. The van der Waals surface area contributed by atoms with Crippen LogP contribution in [0.5, 0.6) is 0 Å². The van der Waals surface area contributed by atoms with Gasteiger partial charge in [0.1, 0.15) is 0 Å². The zero-order valence-electron chi connectivity index (χ0n) is 9.17. The molecule has 0 bridgehead atoms. The van der Waals surface area contributed by atoms with Crippen LogP contribution in [0.15, 0.2) is 18.2 Å². The van der Waals surface area contributed by atoms with Gasteiger partial charge < -0.3 is 4.90 Å². The van der Waals surface area contributed by atoms with Crippen LogP contribution in [0.1, 0.15) is 18.1 Å². The quantitative estimate of drug-likeness (QED) is 0.576. The smallest absolute Gasteiger partial charge is 0.237 e. The van der Waals surface area contributed by atoms with Crippen LogP contribution in [0, 0.1) is 6.92 Å². The minimum atomic E-state index is -0.337. The molecule has 0 saturated heterocycles. The Labute approximate surface area is 104 Å². The molecule has 1 aliphatic heterocycles. The van der Waals surface area contributed by atoms with Crippen molar-refractivity contribution in [1.82, 2.24) is 0 Å². The zero-order valence-corrected chi connectivity index (χ0v) is 11.3. The minimum Gasteiger partial charge on any atom is -0.314 e. The molecule has 2 rings (SSSR count). The predicted molar refractivity (Wildman–Crippen MR) is 70.8 cm³/mol. The van der Waals surface area contributed by atoms with Crippen LogP contribution in [0.25, 0.3) is 0 Å². The molecule has 3 heteroatoms. The molecule has 1 unspecified atom stereocenters. The summed E-state index contributed by atoms with van der Waals surface area (Å²) in [7, 11) is 1.86. The number of alkyl halides is 1. The van der Waals surface area contributed by atoms with E-state index in [1.807, 2.05) is 20.0 Å². The van der Waals surface area contributed by atoms with Crippen LogP contribution < -0.4 is 4.90 Å². The zero-order chi connectivity index (χ0) is 11.2. The van der Waals surface area contributed by atoms with Gasteiger partial charge in [0.05, 0.1) is 5.41 Å². The first-order valence-corrected chi connectivity index (χ1v) is 6.48. The van der Waals surface area contributed by atoms with Crippen molar-refractivity contribution in [3.63, 3.8) is 0 Å². The van der Waals surface area contributed by atoms with E-state index in [2.05, 4.69) is 41.6 Å². The molecule has 1 atom stereocenters. The Hall–Kier alpha value is -0.580. The maximum atomic E-state index is 12.1. The van der Waals surface area contributed by atoms with E-state index in [0.717, 1.165) is 10.1 Å². The second-order valence-electron chi connectivity index (χ2n) is 4.35. The topological polar surface area (TPSA) is 20.3 Å². The lowest BCUT2D eigenvalue weighted by Gasteiger charge is -2.20. The van der Waals surface area contributed by atoms with Crippen molar-refractivity contribution in [1.29, 1.82) is 0 Å². The molecule has 1 aromatic rings. The van der Waals surface area contributed by atoms with E-state index in [1.54, 1.807) is 4.90 Å². The van der Waals surface area contributed by atoms with E-state index in [0.29, 0.717) is 0 Å². The van der Waals surface area contributed by atoms with Gasteiger partial charge in [-0.1, -0.05) is 40.3 Å². The molecule has 1 aliphatic rings. The summed E-state index contributed by atoms with van der Waals surface area (Å²) < 4.78 is 0.824. The van der Waals surface area contributed by atoms with Gasteiger partial charge >= 0.3 is 0 Å². The van der Waals surface area contributed by atoms with Crippen molar-refractivity contribution in [2.75, 3.05) is 16.4 Å². The number of aryl methyl sites for hydroxylation is 1. The number of hydrogen-bond acceptors (Lipinski definition) is 1. The number of anilines is 1. The number of likely N-dealkylation sites (N-methyl/N-ethyl adjacent to an activating group) is 1. The van der Waals surface area contributed by atoms with E-state index in [1.165, 1.54) is 11.1 Å². The summed E-state index contributed by atoms with van der Waals surface area (Å²) >= 11 is 2.29. The highest BCUT2D eigenvalue weighted by molar-refractivity contribution is 14.1. The Morgan fingerprint density at radius 2 is 2.13 bits per heavy atom. The van der Waals surface area contributed by atoms with Crippen molar-refractivity contribution < 1.29 is 4.79 Å². The fourth-order valence-electron chi connectivity index (χ4n) is 2.11. The van der Waals surface area contributed by atoms with Crippen molar-refractivity contribution >= 4 is 34.2 Å². The molecule has 0 fully saturated rings. The van der Waals surface area contributed by atoms with Gasteiger partial charge in [0.15, 0.2) is 0 Å². The number of rotatable bonds is 1. The lowest BCUT2D eigenvalue weighted by molar-refractivity contribution is -0.121. The summed E-state index contributed by atoms with van der Waals surface area (Å²) in [6.07, 6.45) is 0. The van der Waals surface area contributed by atoms with E-state index < -0.39 is 0 Å². The standard InChI is InChI=1S/C12H14INO/c1-8-4-5-10-9(6-8)12(2,7-13)11(15)14(10)3/h4-6H,7H2,1-3H3. The van der Waals surface area contributed by atoms with E-state index in [-0.39, 0.29) is 11.3 Å². The Balaban J connectivity index is 2.67. The fraction of sp³-hybridized carbons (Fsp3) is 0.417. The normalized spacial score (nSPS) is 24.5. The van der Waals surface area contributed by atoms with Gasteiger partial charge in [-0.2, -0.15) is 0 Å². The van der Waals surface area contributed by atoms with Gasteiger partial charge in [0.2, 0.25) is 5.91 Å². The Kier molecular flexibility index (Phi) is 2.53. The Bertz CT molecular complexity index is 430. The molecule has 2 nitrogen and oxygen atoms in total. The maximum Gasteiger partial charge on any atom is 0.237 e. The number of amides is 1. The maximum absolute atomic E-state index is 12.1. The molecule has 80 valence electrons. The van der Waals surface area contributed by atoms with E-state index in [9.17, 15) is 4.79 Å². The summed E-state index contributed by atoms with van der Waals surface area (Å²) in [6, 6.07) is 6.23. The highest BCUT2D eigenvalue weighted by atomic mass is 127. The summed E-state index contributed by atoms with van der Waals surface area (Å²) in [5.74, 6) is 0.206. The number of benzene rings is 1. The number of fused-ring (bicyclic) bond motifs is 1. The lowest BCUT2D eigenvalue weighted by atomic mass is 9.85. The first-order chi connectivity index (χ1) is 7.00. The molecule has 0 aliphatic carbocycles. The summed E-state index contributed by atoms with van der Waals surface area (Å²) in [4.78, 5) is 13.9. The van der Waals surface area contributed by atoms with Gasteiger partial charge in [-0.05, 0) is 25.5 Å². The van der Waals surface area contributed by atoms with Gasteiger partial charge in [0, 0.05) is 17.2 Å². The molecule has 1 heterocycles. The number of halogens is 1. The average molecular weight is 315 g/mol. The monoisotopic (exact) mass is 315 g/mol. The molecule has 0 aromatic heterocycles. The number of hydrogen-bond donors (Lipinski definition) is 0. The number of nitrogens with zero attached hydrogens (tertiary/aromatic N) is 1. The molecule has 0 radical (unpaired) electrons. The highest BCUT2D eigenvalue weighted by Gasteiger charge is 2.44. The second kappa shape index (κ2) is 3.47. The third-order valence-corrected chi connectivity index (χ3v) is 4.68. The van der Waals surface area contributed by atoms with Crippen LogP contribution >= 0.6 is 22.6 Å². The molecule has 0 N–H and O–H groups in total. The van der Waals surface area contributed by atoms with Crippen LogP contribution in [-0.2, 0) is 10.2 Å².